The zero-order chi connectivity index (χ0) is 6.24. The summed E-state index contributed by atoms with van der Waals surface area (Å²) in [5.74, 6) is 0. The number of hydrogen-bond donors (Lipinski definition) is 0. The van der Waals surface area contributed by atoms with Crippen molar-refractivity contribution in [3.63, 3.8) is 0 Å². The summed E-state index contributed by atoms with van der Waals surface area (Å²) >= 11 is 0. The lowest BCUT2D eigenvalue weighted by atomic mass is 10.5. The molecule has 0 saturated carbocycles. The second-order valence-corrected chi connectivity index (χ2v) is 1.24. The van der Waals surface area contributed by atoms with Gasteiger partial charge in [0.25, 0.3) is 0 Å². The van der Waals surface area contributed by atoms with Crippen molar-refractivity contribution >= 4 is 0 Å². The number of allylic oxidation sites excluding steroid dienone is 1. The van der Waals surface area contributed by atoms with Crippen LogP contribution in [0.3, 0.4) is 0 Å². The van der Waals surface area contributed by atoms with Crippen LogP contribution in [-0.4, -0.2) is 0 Å². The summed E-state index contributed by atoms with van der Waals surface area (Å²) in [5, 5.41) is 0. The van der Waals surface area contributed by atoms with Crippen molar-refractivity contribution in [3.8, 4) is 0 Å². The molecule has 0 aliphatic rings. The minimum absolute atomic E-state index is 0.991. The van der Waals surface area contributed by atoms with Crippen LogP contribution in [0, 0.1) is 0 Å². The highest BCUT2D eigenvalue weighted by Crippen LogP contribution is 1.80. The van der Waals surface area contributed by atoms with Gasteiger partial charge in [0.15, 0.2) is 0 Å². The Kier molecular flexibility index (Phi) is 5.35. The third kappa shape index (κ3) is 5.06. The lowest BCUT2D eigenvalue weighted by molar-refractivity contribution is 0.402. The van der Waals surface area contributed by atoms with Gasteiger partial charge in [-0.3, -0.25) is 0 Å². The minimum atomic E-state index is 0.991. The van der Waals surface area contributed by atoms with Gasteiger partial charge in [0.05, 0.1) is 6.26 Å². The number of hydrogen-bond acceptors (Lipinski definition) is 1. The minimum Gasteiger partial charge on any atom is -0.465 e. The normalized spacial score (nSPS) is 8.62. The van der Waals surface area contributed by atoms with Gasteiger partial charge < -0.3 is 4.74 Å². The van der Waals surface area contributed by atoms with Crippen LogP contribution in [-0.2, 0) is 4.74 Å². The summed E-state index contributed by atoms with van der Waals surface area (Å²) in [6.45, 7) is 5.36. The molecule has 1 nitrogen and oxygen atoms in total. The van der Waals surface area contributed by atoms with Crippen LogP contribution in [0.1, 0.15) is 13.3 Å². The maximum Gasteiger partial charge on any atom is 0.132 e. The second-order valence-electron chi connectivity index (χ2n) is 1.24. The van der Waals surface area contributed by atoms with Crippen molar-refractivity contribution in [3.05, 3.63) is 30.9 Å². The zero-order valence-corrected chi connectivity index (χ0v) is 5.05. The van der Waals surface area contributed by atoms with Crippen LogP contribution in [0.15, 0.2) is 30.9 Å². The first-order valence-electron chi connectivity index (χ1n) is 2.56. The standard InChI is InChI=1S/C7H10O/c1-3-5-7-8-6-4-2/h5-7H,2-3H2,1H3/b7-5-. The quantitative estimate of drug-likeness (QED) is 0.400. The largest absolute Gasteiger partial charge is 0.465 e. The summed E-state index contributed by atoms with van der Waals surface area (Å²) < 4.78 is 4.74. The molecule has 0 aromatic heterocycles. The van der Waals surface area contributed by atoms with Crippen LogP contribution >= 0.6 is 0 Å². The maximum absolute atomic E-state index is 4.74. The molecule has 0 amide bonds. The van der Waals surface area contributed by atoms with E-state index in [1.165, 1.54) is 6.26 Å². The van der Waals surface area contributed by atoms with Gasteiger partial charge in [0.1, 0.15) is 6.26 Å². The first-order chi connectivity index (χ1) is 3.91. The molecule has 0 saturated heterocycles. The summed E-state index contributed by atoms with van der Waals surface area (Å²) in [6.07, 6.45) is 5.92. The van der Waals surface area contributed by atoms with E-state index >= 15 is 0 Å². The molecule has 0 fully saturated rings. The molecule has 0 unspecified atom stereocenters. The predicted molar refractivity (Wildman–Crippen MR) is 34.2 cm³/mol. The predicted octanol–water partition coefficient (Wildman–Crippen LogP) is 2.23. The molecule has 0 spiro atoms. The Morgan fingerprint density at radius 1 is 1.75 bits per heavy atom. The Bertz CT molecular complexity index is 108. The van der Waals surface area contributed by atoms with E-state index in [1.807, 2.05) is 13.0 Å². The first kappa shape index (κ1) is 7.06. The summed E-state index contributed by atoms with van der Waals surface area (Å²) in [4.78, 5) is 0. The van der Waals surface area contributed by atoms with E-state index in [4.69, 9.17) is 4.74 Å². The van der Waals surface area contributed by atoms with Gasteiger partial charge in [-0.2, -0.15) is 0 Å². The van der Waals surface area contributed by atoms with E-state index in [1.54, 1.807) is 6.26 Å². The molecule has 0 N–H and O–H groups in total. The molecule has 0 heterocycles. The van der Waals surface area contributed by atoms with Crippen molar-refractivity contribution in [1.29, 1.82) is 0 Å². The molecule has 0 aliphatic heterocycles. The smallest absolute Gasteiger partial charge is 0.132 e. The highest BCUT2D eigenvalue weighted by Gasteiger charge is 1.62. The van der Waals surface area contributed by atoms with Crippen LogP contribution in [0.2, 0.25) is 0 Å². The van der Waals surface area contributed by atoms with Crippen LogP contribution in [0.4, 0.5) is 0 Å². The topological polar surface area (TPSA) is 9.23 Å². The Labute approximate surface area is 50.0 Å². The Balaban J connectivity index is 3.15. The molecule has 0 aromatic carbocycles. The molecule has 0 atom stereocenters. The third-order valence-corrected chi connectivity index (χ3v) is 0.562. The summed E-state index contributed by atoms with van der Waals surface area (Å²) in [7, 11) is 0. The van der Waals surface area contributed by atoms with Crippen molar-refractivity contribution < 1.29 is 4.74 Å². The van der Waals surface area contributed by atoms with E-state index in [-0.39, 0.29) is 0 Å². The molecule has 44 valence electrons. The maximum atomic E-state index is 4.74. The molecule has 0 aromatic rings. The van der Waals surface area contributed by atoms with E-state index in [0.29, 0.717) is 0 Å². The van der Waals surface area contributed by atoms with E-state index in [0.717, 1.165) is 6.42 Å². The van der Waals surface area contributed by atoms with Gasteiger partial charge in [-0.05, 0) is 12.5 Å². The van der Waals surface area contributed by atoms with E-state index in [9.17, 15) is 0 Å². The Morgan fingerprint density at radius 3 is 3.00 bits per heavy atom. The molecule has 8 heavy (non-hydrogen) atoms. The first-order valence-corrected chi connectivity index (χ1v) is 2.56. The molecular weight excluding hydrogens is 100 g/mol. The second kappa shape index (κ2) is 6.06. The average Bonchev–Trinajstić information content (AvgIpc) is 1.81. The molecule has 0 rings (SSSR count). The fraction of sp³-hybridized carbons (Fsp3) is 0.286. The van der Waals surface area contributed by atoms with E-state index in [2.05, 4.69) is 12.3 Å². The zero-order valence-electron chi connectivity index (χ0n) is 5.05. The van der Waals surface area contributed by atoms with Gasteiger partial charge in [0.2, 0.25) is 0 Å². The molecule has 0 radical (unpaired) electrons. The molecule has 1 heteroatoms. The average molecular weight is 110 g/mol. The van der Waals surface area contributed by atoms with Gasteiger partial charge in [-0.25, -0.2) is 0 Å². The molecule has 0 aliphatic carbocycles. The van der Waals surface area contributed by atoms with Gasteiger partial charge in [0, 0.05) is 0 Å². The highest BCUT2D eigenvalue weighted by atomic mass is 16.5. The highest BCUT2D eigenvalue weighted by molar-refractivity contribution is 4.75. The van der Waals surface area contributed by atoms with Crippen LogP contribution in [0.5, 0.6) is 0 Å². The number of rotatable bonds is 3. The van der Waals surface area contributed by atoms with Gasteiger partial charge in [-0.1, -0.05) is 19.2 Å². The van der Waals surface area contributed by atoms with Crippen molar-refractivity contribution in [1.82, 2.24) is 0 Å². The van der Waals surface area contributed by atoms with Crippen LogP contribution < -0.4 is 0 Å². The Morgan fingerprint density at radius 2 is 2.50 bits per heavy atom. The van der Waals surface area contributed by atoms with E-state index < -0.39 is 0 Å². The molecule has 0 bridgehead atoms. The fourth-order valence-corrected chi connectivity index (χ4v) is 0.239. The summed E-state index contributed by atoms with van der Waals surface area (Å²) in [6, 6.07) is 0. The number of ether oxygens (including phenoxy) is 1. The molecular formula is C7H10O. The lowest BCUT2D eigenvalue weighted by Crippen LogP contribution is -1.60. The van der Waals surface area contributed by atoms with Crippen LogP contribution in [0.25, 0.3) is 0 Å². The summed E-state index contributed by atoms with van der Waals surface area (Å²) in [5.41, 5.74) is 2.48. The Hall–Kier alpha value is -0.940. The van der Waals surface area contributed by atoms with Crippen molar-refractivity contribution in [2.24, 2.45) is 0 Å². The van der Waals surface area contributed by atoms with Gasteiger partial charge in [-0.15, -0.1) is 0 Å². The monoisotopic (exact) mass is 110 g/mol. The van der Waals surface area contributed by atoms with Crippen molar-refractivity contribution in [2.45, 2.75) is 13.3 Å². The SMILES string of the molecule is C=C=CO/C=C\CC. The lowest BCUT2D eigenvalue weighted by Gasteiger charge is -1.82. The fourth-order valence-electron chi connectivity index (χ4n) is 0.239. The third-order valence-electron chi connectivity index (χ3n) is 0.562. The van der Waals surface area contributed by atoms with Gasteiger partial charge >= 0.3 is 0 Å². The van der Waals surface area contributed by atoms with Crippen molar-refractivity contribution in [2.75, 3.05) is 0 Å².